The van der Waals surface area contributed by atoms with Crippen molar-refractivity contribution in [2.75, 3.05) is 6.54 Å². The van der Waals surface area contributed by atoms with Crippen LogP contribution in [-0.4, -0.2) is 26.1 Å². The molecule has 0 bridgehead atoms. The zero-order valence-electron chi connectivity index (χ0n) is 9.11. The van der Waals surface area contributed by atoms with Crippen molar-refractivity contribution in [1.82, 2.24) is 5.32 Å². The Bertz CT molecular complexity index is 297. The molecule has 0 aromatic rings. The van der Waals surface area contributed by atoms with E-state index in [1.807, 2.05) is 0 Å². The highest BCUT2D eigenvalue weighted by Gasteiger charge is 2.34. The molecule has 0 aliphatic carbocycles. The third-order valence-corrected chi connectivity index (χ3v) is 2.97. The molecule has 1 amide bonds. The molecule has 3 N–H and O–H groups in total. The molecule has 1 rings (SSSR count). The Labute approximate surface area is 86.4 Å². The number of piperidine rings is 1. The van der Waals surface area contributed by atoms with Gasteiger partial charge in [0.25, 0.3) is 5.91 Å². The van der Waals surface area contributed by atoms with Crippen LogP contribution in [0.1, 0.15) is 12.8 Å². The van der Waals surface area contributed by atoms with Gasteiger partial charge in [-0.2, -0.15) is 0 Å². The molecule has 0 saturated carbocycles. The number of carbonyl (C=O) groups is 1. The molecule has 0 aromatic heterocycles. The number of hydrogen-bond donors (Lipinski definition) is 2. The van der Waals surface area contributed by atoms with Gasteiger partial charge in [0.05, 0.1) is 0 Å². The van der Waals surface area contributed by atoms with Gasteiger partial charge in [0, 0.05) is 6.54 Å². The molecule has 1 aliphatic heterocycles. The highest BCUT2D eigenvalue weighted by atomic mass is 28.3. The summed E-state index contributed by atoms with van der Waals surface area (Å²) < 4.78 is 0. The largest absolute Gasteiger partial charge is 0.354 e. The minimum absolute atomic E-state index is 0.116. The average Bonchev–Trinajstić information content (AvgIpc) is 2.06. The van der Waals surface area contributed by atoms with E-state index in [1.54, 1.807) is 0 Å². The lowest BCUT2D eigenvalue weighted by molar-refractivity contribution is -0.125. The summed E-state index contributed by atoms with van der Waals surface area (Å²) in [5.74, 6) is 2.85. The van der Waals surface area contributed by atoms with E-state index in [9.17, 15) is 4.79 Å². The van der Waals surface area contributed by atoms with Crippen molar-refractivity contribution in [1.29, 1.82) is 0 Å². The van der Waals surface area contributed by atoms with Crippen LogP contribution in [0.5, 0.6) is 0 Å². The van der Waals surface area contributed by atoms with Crippen LogP contribution in [0.25, 0.3) is 0 Å². The number of amides is 1. The maximum Gasteiger partial charge on any atom is 0.252 e. The van der Waals surface area contributed by atoms with Crippen molar-refractivity contribution in [3.8, 4) is 11.5 Å². The zero-order chi connectivity index (χ0) is 10.8. The van der Waals surface area contributed by atoms with E-state index in [1.165, 1.54) is 0 Å². The van der Waals surface area contributed by atoms with Crippen molar-refractivity contribution < 1.29 is 4.79 Å². The molecule has 3 nitrogen and oxygen atoms in total. The maximum absolute atomic E-state index is 11.5. The van der Waals surface area contributed by atoms with Crippen LogP contribution in [0, 0.1) is 11.5 Å². The second-order valence-electron chi connectivity index (χ2n) is 4.83. The summed E-state index contributed by atoms with van der Waals surface area (Å²) in [6.07, 6.45) is 1.60. The van der Waals surface area contributed by atoms with Crippen LogP contribution in [0.15, 0.2) is 0 Å². The van der Waals surface area contributed by atoms with Gasteiger partial charge in [0.2, 0.25) is 0 Å². The standard InChI is InChI=1S/C10H18N2OSi/c1-14(2,3)8-6-10(11)5-4-7-12-9(10)13/h4-5,7,11H2,1-3H3,(H,12,13). The van der Waals surface area contributed by atoms with Gasteiger partial charge in [-0.25, -0.2) is 0 Å². The first-order chi connectivity index (χ1) is 6.33. The summed E-state index contributed by atoms with van der Waals surface area (Å²) in [4.78, 5) is 11.5. The molecule has 0 aromatic carbocycles. The summed E-state index contributed by atoms with van der Waals surface area (Å²) in [5.41, 5.74) is 8.18. The molecule has 1 saturated heterocycles. The molecule has 0 spiro atoms. The van der Waals surface area contributed by atoms with Crippen molar-refractivity contribution in [2.24, 2.45) is 5.73 Å². The van der Waals surface area contributed by atoms with Crippen LogP contribution in [0.3, 0.4) is 0 Å². The third kappa shape index (κ3) is 2.86. The van der Waals surface area contributed by atoms with Gasteiger partial charge >= 0.3 is 0 Å². The lowest BCUT2D eigenvalue weighted by Crippen LogP contribution is -2.56. The van der Waals surface area contributed by atoms with Crippen molar-refractivity contribution in [3.63, 3.8) is 0 Å². The Morgan fingerprint density at radius 3 is 2.64 bits per heavy atom. The number of hydrogen-bond acceptors (Lipinski definition) is 2. The van der Waals surface area contributed by atoms with E-state index in [2.05, 4.69) is 36.4 Å². The minimum Gasteiger partial charge on any atom is -0.354 e. The first-order valence-corrected chi connectivity index (χ1v) is 8.45. The maximum atomic E-state index is 11.5. The Morgan fingerprint density at radius 1 is 1.50 bits per heavy atom. The van der Waals surface area contributed by atoms with Gasteiger partial charge < -0.3 is 11.1 Å². The van der Waals surface area contributed by atoms with E-state index in [-0.39, 0.29) is 5.91 Å². The number of carbonyl (C=O) groups excluding carboxylic acids is 1. The molecule has 1 fully saturated rings. The van der Waals surface area contributed by atoms with E-state index < -0.39 is 13.6 Å². The fourth-order valence-electron chi connectivity index (χ4n) is 1.26. The quantitative estimate of drug-likeness (QED) is 0.451. The molecule has 14 heavy (non-hydrogen) atoms. The highest BCUT2D eigenvalue weighted by Crippen LogP contribution is 2.13. The topological polar surface area (TPSA) is 55.1 Å². The van der Waals surface area contributed by atoms with E-state index in [0.717, 1.165) is 13.0 Å². The van der Waals surface area contributed by atoms with E-state index in [0.29, 0.717) is 6.42 Å². The summed E-state index contributed by atoms with van der Waals surface area (Å²) in [5, 5.41) is 2.76. The summed E-state index contributed by atoms with van der Waals surface area (Å²) in [6.45, 7) is 7.16. The molecule has 1 unspecified atom stereocenters. The highest BCUT2D eigenvalue weighted by molar-refractivity contribution is 6.83. The first kappa shape index (κ1) is 11.3. The number of rotatable bonds is 0. The van der Waals surface area contributed by atoms with Crippen LogP contribution >= 0.6 is 0 Å². The van der Waals surface area contributed by atoms with E-state index >= 15 is 0 Å². The Hall–Kier alpha value is -0.793. The molecule has 4 heteroatoms. The predicted octanol–water partition coefficient (Wildman–Crippen LogP) is 0.475. The third-order valence-electron chi connectivity index (χ3n) is 2.10. The summed E-state index contributed by atoms with van der Waals surface area (Å²) in [6, 6.07) is 0. The fraction of sp³-hybridized carbons (Fsp3) is 0.700. The van der Waals surface area contributed by atoms with Crippen molar-refractivity contribution in [2.45, 2.75) is 38.0 Å². The predicted molar refractivity (Wildman–Crippen MR) is 60.3 cm³/mol. The van der Waals surface area contributed by atoms with Gasteiger partial charge in [0.15, 0.2) is 5.54 Å². The Kier molecular flexibility index (Phi) is 3.03. The van der Waals surface area contributed by atoms with Crippen LogP contribution in [-0.2, 0) is 4.79 Å². The zero-order valence-corrected chi connectivity index (χ0v) is 10.1. The fourth-order valence-corrected chi connectivity index (χ4v) is 1.86. The van der Waals surface area contributed by atoms with Crippen molar-refractivity contribution >= 4 is 14.0 Å². The normalized spacial score (nSPS) is 27.6. The molecular weight excluding hydrogens is 192 g/mol. The summed E-state index contributed by atoms with van der Waals surface area (Å²) >= 11 is 0. The lowest BCUT2D eigenvalue weighted by atomic mass is 9.91. The monoisotopic (exact) mass is 210 g/mol. The number of nitrogens with one attached hydrogen (secondary N) is 1. The van der Waals surface area contributed by atoms with Gasteiger partial charge in [-0.15, -0.1) is 5.54 Å². The van der Waals surface area contributed by atoms with Gasteiger partial charge in [-0.1, -0.05) is 25.6 Å². The van der Waals surface area contributed by atoms with Gasteiger partial charge in [0.1, 0.15) is 8.07 Å². The molecule has 1 heterocycles. The Balaban J connectivity index is 2.82. The summed E-state index contributed by atoms with van der Waals surface area (Å²) in [7, 11) is -1.44. The minimum atomic E-state index is -1.44. The van der Waals surface area contributed by atoms with Crippen LogP contribution < -0.4 is 11.1 Å². The SMILES string of the molecule is C[Si](C)(C)C#CC1(N)CCCNC1=O. The lowest BCUT2D eigenvalue weighted by Gasteiger charge is -2.27. The molecular formula is C10H18N2OSi. The van der Waals surface area contributed by atoms with Gasteiger partial charge in [-0.3, -0.25) is 4.79 Å². The molecule has 0 radical (unpaired) electrons. The van der Waals surface area contributed by atoms with Crippen LogP contribution in [0.2, 0.25) is 19.6 Å². The van der Waals surface area contributed by atoms with E-state index in [4.69, 9.17) is 5.73 Å². The Morgan fingerprint density at radius 2 is 2.14 bits per heavy atom. The van der Waals surface area contributed by atoms with Gasteiger partial charge in [-0.05, 0) is 12.8 Å². The second-order valence-corrected chi connectivity index (χ2v) is 9.58. The van der Waals surface area contributed by atoms with Crippen molar-refractivity contribution in [3.05, 3.63) is 0 Å². The smallest absolute Gasteiger partial charge is 0.252 e. The first-order valence-electron chi connectivity index (χ1n) is 4.95. The second kappa shape index (κ2) is 3.75. The van der Waals surface area contributed by atoms with Crippen LogP contribution in [0.4, 0.5) is 0 Å². The molecule has 1 atom stereocenters. The average molecular weight is 210 g/mol. The molecule has 1 aliphatic rings. The number of nitrogens with two attached hydrogens (primary N) is 1. The molecule has 78 valence electrons.